The van der Waals surface area contributed by atoms with Crippen molar-refractivity contribution in [2.45, 2.75) is 45.4 Å². The highest BCUT2D eigenvalue weighted by atomic mass is 127. The molecule has 2 amide bonds. The molecule has 0 saturated carbocycles. The van der Waals surface area contributed by atoms with Gasteiger partial charge in [0, 0.05) is 22.1 Å². The first-order valence-electron chi connectivity index (χ1n) is 8.65. The second kappa shape index (κ2) is 8.17. The van der Waals surface area contributed by atoms with Crippen molar-refractivity contribution >= 4 is 40.2 Å². The van der Waals surface area contributed by atoms with Gasteiger partial charge in [-0.1, -0.05) is 25.5 Å². The lowest BCUT2D eigenvalue weighted by Gasteiger charge is -2.32. The number of aromatic nitrogens is 2. The predicted molar refractivity (Wildman–Crippen MR) is 108 cm³/mol. The molecule has 8 heteroatoms. The number of nitrogens with one attached hydrogen (secondary N) is 3. The van der Waals surface area contributed by atoms with Crippen molar-refractivity contribution < 1.29 is 9.59 Å². The van der Waals surface area contributed by atoms with Crippen LogP contribution in [0.15, 0.2) is 30.3 Å². The fraction of sp³-hybridized carbons (Fsp3) is 0.389. The Hall–Kier alpha value is -1.94. The van der Waals surface area contributed by atoms with Crippen LogP contribution in [0.4, 0.5) is 5.82 Å². The monoisotopic (exact) mass is 467 g/mol. The third-order valence-electron chi connectivity index (χ3n) is 4.22. The minimum Gasteiger partial charge on any atom is -0.322 e. The lowest BCUT2D eigenvalue weighted by atomic mass is 10.1. The van der Waals surface area contributed by atoms with Crippen molar-refractivity contribution in [3.63, 3.8) is 0 Å². The fourth-order valence-electron chi connectivity index (χ4n) is 3.06. The molecular weight excluding hydrogens is 445 g/mol. The number of halogens is 1. The third kappa shape index (κ3) is 4.24. The van der Waals surface area contributed by atoms with Gasteiger partial charge in [0.15, 0.2) is 6.29 Å². The predicted octanol–water partition coefficient (Wildman–Crippen LogP) is 2.78. The van der Waals surface area contributed by atoms with E-state index in [9.17, 15) is 9.59 Å². The largest absolute Gasteiger partial charge is 0.322 e. The molecular formula is C18H22IN5O2. The molecule has 0 bridgehead atoms. The van der Waals surface area contributed by atoms with E-state index >= 15 is 0 Å². The van der Waals surface area contributed by atoms with Crippen molar-refractivity contribution in [1.29, 1.82) is 0 Å². The molecule has 138 valence electrons. The van der Waals surface area contributed by atoms with Gasteiger partial charge in [0.25, 0.3) is 5.91 Å². The normalized spacial score (nSPS) is 19.9. The van der Waals surface area contributed by atoms with E-state index in [2.05, 4.69) is 50.6 Å². The quantitative estimate of drug-likeness (QED) is 0.591. The summed E-state index contributed by atoms with van der Waals surface area (Å²) >= 11 is 2.14. The van der Waals surface area contributed by atoms with Crippen molar-refractivity contribution in [3.8, 4) is 0 Å². The average Bonchev–Trinajstić information content (AvgIpc) is 2.95. The first kappa shape index (κ1) is 18.8. The van der Waals surface area contributed by atoms with Gasteiger partial charge in [-0.05, 0) is 48.1 Å². The highest BCUT2D eigenvalue weighted by Gasteiger charge is 2.28. The maximum Gasteiger partial charge on any atom is 0.257 e. The van der Waals surface area contributed by atoms with Gasteiger partial charge in [-0.2, -0.15) is 5.10 Å². The number of nitrogens with zero attached hydrogens (tertiary/aromatic N) is 2. The summed E-state index contributed by atoms with van der Waals surface area (Å²) in [5, 5.41) is 13.7. The summed E-state index contributed by atoms with van der Waals surface area (Å²) < 4.78 is 2.50. The van der Waals surface area contributed by atoms with Crippen LogP contribution in [0.1, 0.15) is 48.5 Å². The summed E-state index contributed by atoms with van der Waals surface area (Å²) in [6, 6.07) is 9.28. The zero-order chi connectivity index (χ0) is 18.7. The Bertz CT molecular complexity index is 820. The Morgan fingerprint density at radius 2 is 2.19 bits per heavy atom. The van der Waals surface area contributed by atoms with E-state index in [0.717, 1.165) is 22.1 Å². The highest BCUT2D eigenvalue weighted by molar-refractivity contribution is 14.1. The van der Waals surface area contributed by atoms with Crippen LogP contribution in [-0.2, 0) is 4.79 Å². The van der Waals surface area contributed by atoms with Crippen molar-refractivity contribution in [2.24, 2.45) is 0 Å². The standard InChI is InChI=1S/C18H22IN5O2/c1-3-6-12-10-16(25)22-18(20-12)24-15(9-11(2)23-24)21-17(26)13-7-4-5-8-14(13)19/h4-5,7-9,12,18,20H,3,6,10H2,1-2H3,(H,21,26)(H,22,25). The lowest BCUT2D eigenvalue weighted by molar-refractivity contribution is -0.125. The number of aryl methyl sites for hydroxylation is 1. The summed E-state index contributed by atoms with van der Waals surface area (Å²) in [7, 11) is 0. The Morgan fingerprint density at radius 3 is 2.92 bits per heavy atom. The van der Waals surface area contributed by atoms with Gasteiger partial charge >= 0.3 is 0 Å². The van der Waals surface area contributed by atoms with Crippen molar-refractivity contribution in [2.75, 3.05) is 5.32 Å². The summed E-state index contributed by atoms with van der Waals surface area (Å²) in [6.45, 7) is 3.95. The average molecular weight is 467 g/mol. The number of carbonyl (C=O) groups excluding carboxylic acids is 2. The first-order valence-corrected chi connectivity index (χ1v) is 9.73. The maximum atomic E-state index is 12.6. The molecule has 3 N–H and O–H groups in total. The van der Waals surface area contributed by atoms with Gasteiger partial charge in [-0.3, -0.25) is 14.9 Å². The zero-order valence-corrected chi connectivity index (χ0v) is 16.9. The molecule has 2 atom stereocenters. The topological polar surface area (TPSA) is 88.1 Å². The van der Waals surface area contributed by atoms with Crippen molar-refractivity contribution in [3.05, 3.63) is 45.2 Å². The number of rotatable bonds is 5. The van der Waals surface area contributed by atoms with E-state index in [4.69, 9.17) is 0 Å². The molecule has 1 saturated heterocycles. The Balaban J connectivity index is 1.83. The van der Waals surface area contributed by atoms with E-state index in [-0.39, 0.29) is 17.9 Å². The van der Waals surface area contributed by atoms with Gasteiger partial charge in [0.05, 0.1) is 11.3 Å². The van der Waals surface area contributed by atoms with E-state index in [1.54, 1.807) is 16.8 Å². The first-order chi connectivity index (χ1) is 12.5. The minimum atomic E-state index is -0.480. The number of hydrogen-bond acceptors (Lipinski definition) is 4. The number of carbonyl (C=O) groups is 2. The van der Waals surface area contributed by atoms with E-state index in [0.29, 0.717) is 17.8 Å². The Kier molecular flexibility index (Phi) is 5.92. The highest BCUT2D eigenvalue weighted by Crippen LogP contribution is 2.20. The lowest BCUT2D eigenvalue weighted by Crippen LogP contribution is -2.53. The van der Waals surface area contributed by atoms with Crippen LogP contribution in [0.2, 0.25) is 0 Å². The summed E-state index contributed by atoms with van der Waals surface area (Å²) in [4.78, 5) is 24.7. The van der Waals surface area contributed by atoms with E-state index in [1.807, 2.05) is 25.1 Å². The Morgan fingerprint density at radius 1 is 1.42 bits per heavy atom. The number of anilines is 1. The van der Waals surface area contributed by atoms with Gasteiger partial charge in [-0.15, -0.1) is 0 Å². The molecule has 1 aromatic heterocycles. The molecule has 0 aliphatic carbocycles. The fourth-order valence-corrected chi connectivity index (χ4v) is 3.69. The van der Waals surface area contributed by atoms with Crippen LogP contribution in [0.3, 0.4) is 0 Å². The Labute approximate surface area is 166 Å². The molecule has 7 nitrogen and oxygen atoms in total. The summed E-state index contributed by atoms with van der Waals surface area (Å²) in [6.07, 6.45) is 1.88. The number of hydrogen-bond donors (Lipinski definition) is 3. The van der Waals surface area contributed by atoms with Crippen molar-refractivity contribution in [1.82, 2.24) is 20.4 Å². The van der Waals surface area contributed by atoms with Crippen LogP contribution >= 0.6 is 22.6 Å². The van der Waals surface area contributed by atoms with Gasteiger partial charge in [-0.25, -0.2) is 4.68 Å². The maximum absolute atomic E-state index is 12.6. The van der Waals surface area contributed by atoms with Crippen LogP contribution in [-0.4, -0.2) is 27.6 Å². The molecule has 2 aromatic rings. The molecule has 2 heterocycles. The minimum absolute atomic E-state index is 0.0183. The molecule has 1 aliphatic rings. The van der Waals surface area contributed by atoms with Crippen LogP contribution in [0.25, 0.3) is 0 Å². The number of benzene rings is 1. The molecule has 0 spiro atoms. The van der Waals surface area contributed by atoms with Crippen LogP contribution in [0, 0.1) is 10.5 Å². The second-order valence-electron chi connectivity index (χ2n) is 6.38. The third-order valence-corrected chi connectivity index (χ3v) is 5.16. The summed E-state index contributed by atoms with van der Waals surface area (Å²) in [5.41, 5.74) is 1.36. The van der Waals surface area contributed by atoms with E-state index < -0.39 is 6.29 Å². The second-order valence-corrected chi connectivity index (χ2v) is 7.54. The molecule has 1 aliphatic heterocycles. The molecule has 3 rings (SSSR count). The molecule has 26 heavy (non-hydrogen) atoms. The summed E-state index contributed by atoms with van der Waals surface area (Å²) in [5.74, 6) is 0.320. The smallest absolute Gasteiger partial charge is 0.257 e. The zero-order valence-electron chi connectivity index (χ0n) is 14.8. The SMILES string of the molecule is CCCC1CC(=O)NC(n2nc(C)cc2NC(=O)c2ccccc2I)N1. The molecule has 1 fully saturated rings. The molecule has 2 unspecified atom stereocenters. The van der Waals surface area contributed by atoms with Crippen LogP contribution in [0.5, 0.6) is 0 Å². The van der Waals surface area contributed by atoms with Gasteiger partial charge in [0.2, 0.25) is 5.91 Å². The molecule has 1 aromatic carbocycles. The van der Waals surface area contributed by atoms with E-state index in [1.165, 1.54) is 0 Å². The van der Waals surface area contributed by atoms with Crippen LogP contribution < -0.4 is 16.0 Å². The molecule has 0 radical (unpaired) electrons. The number of amides is 2. The van der Waals surface area contributed by atoms with Gasteiger partial charge in [0.1, 0.15) is 5.82 Å². The van der Waals surface area contributed by atoms with Gasteiger partial charge < -0.3 is 10.6 Å².